The Labute approximate surface area is 105 Å². The van der Waals surface area contributed by atoms with E-state index in [-0.39, 0.29) is 12.5 Å². The molecule has 1 amide bonds. The molecule has 3 heteroatoms. The largest absolute Gasteiger partial charge is 0.395 e. The lowest BCUT2D eigenvalue weighted by atomic mass is 10.2. The molecule has 0 rings (SSSR count). The van der Waals surface area contributed by atoms with Gasteiger partial charge in [-0.25, -0.2) is 0 Å². The summed E-state index contributed by atoms with van der Waals surface area (Å²) < 4.78 is 0. The summed E-state index contributed by atoms with van der Waals surface area (Å²) in [5.74, 6) is -0.133. The number of rotatable bonds is 10. The van der Waals surface area contributed by atoms with Gasteiger partial charge >= 0.3 is 0 Å². The minimum Gasteiger partial charge on any atom is -0.395 e. The van der Waals surface area contributed by atoms with E-state index in [1.54, 1.807) is 0 Å². The van der Waals surface area contributed by atoms with Crippen LogP contribution in [0.3, 0.4) is 0 Å². The fraction of sp³-hybridized carbons (Fsp3) is 0.643. The fourth-order valence-corrected chi connectivity index (χ4v) is 1.37. The smallest absolute Gasteiger partial charge is 0.243 e. The molecule has 0 heterocycles. The number of aliphatic hydroxyl groups excluding tert-OH is 1. The first-order valence-corrected chi connectivity index (χ1v) is 6.51. The molecular formula is C14H25NO2. The third kappa shape index (κ3) is 12.8. The molecule has 0 saturated heterocycles. The second-order valence-electron chi connectivity index (χ2n) is 3.96. The highest BCUT2D eigenvalue weighted by molar-refractivity contribution is 5.87. The SMILES string of the molecule is CCCCCC=CCCC=CC(=O)NCCO. The molecule has 0 bridgehead atoms. The predicted molar refractivity (Wildman–Crippen MR) is 71.8 cm³/mol. The zero-order chi connectivity index (χ0) is 12.8. The van der Waals surface area contributed by atoms with Crippen molar-refractivity contribution in [3.63, 3.8) is 0 Å². The quantitative estimate of drug-likeness (QED) is 0.350. The fourth-order valence-electron chi connectivity index (χ4n) is 1.37. The highest BCUT2D eigenvalue weighted by Crippen LogP contribution is 2.01. The van der Waals surface area contributed by atoms with Crippen LogP contribution < -0.4 is 5.32 Å². The van der Waals surface area contributed by atoms with Crippen LogP contribution in [0.15, 0.2) is 24.3 Å². The summed E-state index contributed by atoms with van der Waals surface area (Å²) in [5, 5.41) is 11.1. The van der Waals surface area contributed by atoms with E-state index in [2.05, 4.69) is 24.4 Å². The van der Waals surface area contributed by atoms with Crippen LogP contribution in [0.4, 0.5) is 0 Å². The van der Waals surface area contributed by atoms with Crippen molar-refractivity contribution in [3.05, 3.63) is 24.3 Å². The average molecular weight is 239 g/mol. The monoisotopic (exact) mass is 239 g/mol. The molecule has 0 aromatic carbocycles. The van der Waals surface area contributed by atoms with E-state index in [1.165, 1.54) is 25.3 Å². The molecule has 0 aromatic heterocycles. The van der Waals surface area contributed by atoms with Gasteiger partial charge < -0.3 is 10.4 Å². The number of carbonyl (C=O) groups excluding carboxylic acids is 1. The molecule has 0 aliphatic rings. The van der Waals surface area contributed by atoms with Crippen molar-refractivity contribution in [2.75, 3.05) is 13.2 Å². The Morgan fingerprint density at radius 1 is 1.12 bits per heavy atom. The number of nitrogens with one attached hydrogen (secondary N) is 1. The molecule has 0 radical (unpaired) electrons. The Hall–Kier alpha value is -1.09. The molecule has 0 spiro atoms. The van der Waals surface area contributed by atoms with Gasteiger partial charge in [0.05, 0.1) is 6.61 Å². The maximum Gasteiger partial charge on any atom is 0.243 e. The molecule has 0 atom stereocenters. The van der Waals surface area contributed by atoms with Crippen molar-refractivity contribution >= 4 is 5.91 Å². The Balaban J connectivity index is 3.37. The van der Waals surface area contributed by atoms with Gasteiger partial charge in [0, 0.05) is 6.54 Å². The standard InChI is InChI=1S/C14H25NO2/c1-2-3-4-5-6-7-8-9-10-11-14(17)15-12-13-16/h6-7,10-11,16H,2-5,8-9,12-13H2,1H3,(H,15,17). The predicted octanol–water partition coefficient (Wildman–Crippen LogP) is 2.57. The maximum atomic E-state index is 11.1. The van der Waals surface area contributed by atoms with Crippen LogP contribution in [0, 0.1) is 0 Å². The highest BCUT2D eigenvalue weighted by atomic mass is 16.3. The number of aliphatic hydroxyl groups is 1. The van der Waals surface area contributed by atoms with Gasteiger partial charge in [-0.05, 0) is 31.8 Å². The molecule has 0 aliphatic carbocycles. The van der Waals surface area contributed by atoms with E-state index in [9.17, 15) is 4.79 Å². The van der Waals surface area contributed by atoms with Gasteiger partial charge in [-0.2, -0.15) is 0 Å². The molecule has 0 saturated carbocycles. The summed E-state index contributed by atoms with van der Waals surface area (Å²) in [6.45, 7) is 2.51. The summed E-state index contributed by atoms with van der Waals surface area (Å²) in [6, 6.07) is 0. The van der Waals surface area contributed by atoms with Gasteiger partial charge in [-0.15, -0.1) is 0 Å². The minimum atomic E-state index is -0.133. The third-order valence-electron chi connectivity index (χ3n) is 2.32. The first kappa shape index (κ1) is 15.9. The van der Waals surface area contributed by atoms with E-state index < -0.39 is 0 Å². The maximum absolute atomic E-state index is 11.1. The number of unbranched alkanes of at least 4 members (excludes halogenated alkanes) is 4. The second-order valence-corrected chi connectivity index (χ2v) is 3.96. The molecule has 0 aromatic rings. The summed E-state index contributed by atoms with van der Waals surface area (Å²) in [7, 11) is 0. The van der Waals surface area contributed by atoms with Crippen LogP contribution in [0.1, 0.15) is 45.4 Å². The van der Waals surface area contributed by atoms with Gasteiger partial charge in [-0.1, -0.05) is 38.0 Å². The summed E-state index contributed by atoms with van der Waals surface area (Å²) in [5.41, 5.74) is 0. The zero-order valence-electron chi connectivity index (χ0n) is 10.8. The highest BCUT2D eigenvalue weighted by Gasteiger charge is 1.90. The molecule has 3 nitrogen and oxygen atoms in total. The van der Waals surface area contributed by atoms with Crippen molar-refractivity contribution in [2.45, 2.75) is 45.4 Å². The number of amides is 1. The number of hydrogen-bond acceptors (Lipinski definition) is 2. The number of hydrogen-bond donors (Lipinski definition) is 2. The second kappa shape index (κ2) is 13.0. The lowest BCUT2D eigenvalue weighted by Gasteiger charge is -1.96. The number of carbonyl (C=O) groups is 1. The first-order valence-electron chi connectivity index (χ1n) is 6.51. The summed E-state index contributed by atoms with van der Waals surface area (Å²) in [6.07, 6.45) is 14.6. The van der Waals surface area contributed by atoms with Gasteiger partial charge in [0.25, 0.3) is 0 Å². The molecule has 0 unspecified atom stereocenters. The van der Waals surface area contributed by atoms with Crippen LogP contribution in [-0.4, -0.2) is 24.2 Å². The van der Waals surface area contributed by atoms with E-state index in [0.717, 1.165) is 19.3 Å². The van der Waals surface area contributed by atoms with Crippen molar-refractivity contribution in [1.29, 1.82) is 0 Å². The van der Waals surface area contributed by atoms with E-state index in [1.807, 2.05) is 6.08 Å². The molecular weight excluding hydrogens is 214 g/mol. The topological polar surface area (TPSA) is 49.3 Å². The summed E-state index contributed by atoms with van der Waals surface area (Å²) in [4.78, 5) is 11.1. The Bertz CT molecular complexity index is 234. The van der Waals surface area contributed by atoms with Crippen LogP contribution in [0.25, 0.3) is 0 Å². The lowest BCUT2D eigenvalue weighted by Crippen LogP contribution is -2.24. The van der Waals surface area contributed by atoms with Crippen LogP contribution in [0.5, 0.6) is 0 Å². The Morgan fingerprint density at radius 2 is 1.82 bits per heavy atom. The normalized spacial score (nSPS) is 11.4. The van der Waals surface area contributed by atoms with Gasteiger partial charge in [0.1, 0.15) is 0 Å². The molecule has 0 aliphatic heterocycles. The van der Waals surface area contributed by atoms with E-state index in [4.69, 9.17) is 5.11 Å². The zero-order valence-corrected chi connectivity index (χ0v) is 10.8. The Morgan fingerprint density at radius 3 is 2.53 bits per heavy atom. The third-order valence-corrected chi connectivity index (χ3v) is 2.32. The van der Waals surface area contributed by atoms with Crippen molar-refractivity contribution in [2.24, 2.45) is 0 Å². The van der Waals surface area contributed by atoms with Crippen LogP contribution >= 0.6 is 0 Å². The van der Waals surface area contributed by atoms with E-state index in [0.29, 0.717) is 6.54 Å². The van der Waals surface area contributed by atoms with Crippen molar-refractivity contribution < 1.29 is 9.90 Å². The van der Waals surface area contributed by atoms with Crippen LogP contribution in [-0.2, 0) is 4.79 Å². The first-order chi connectivity index (χ1) is 8.31. The van der Waals surface area contributed by atoms with Crippen molar-refractivity contribution in [3.8, 4) is 0 Å². The summed E-state index contributed by atoms with van der Waals surface area (Å²) >= 11 is 0. The van der Waals surface area contributed by atoms with E-state index >= 15 is 0 Å². The van der Waals surface area contributed by atoms with Crippen LogP contribution in [0.2, 0.25) is 0 Å². The van der Waals surface area contributed by atoms with Gasteiger partial charge in [0.15, 0.2) is 0 Å². The average Bonchev–Trinajstić information content (AvgIpc) is 2.34. The van der Waals surface area contributed by atoms with Gasteiger partial charge in [-0.3, -0.25) is 4.79 Å². The molecule has 17 heavy (non-hydrogen) atoms. The van der Waals surface area contributed by atoms with Crippen molar-refractivity contribution in [1.82, 2.24) is 5.32 Å². The lowest BCUT2D eigenvalue weighted by molar-refractivity contribution is -0.116. The molecule has 98 valence electrons. The molecule has 2 N–H and O–H groups in total. The minimum absolute atomic E-state index is 0.0138. The molecule has 0 fully saturated rings. The van der Waals surface area contributed by atoms with Gasteiger partial charge in [0.2, 0.25) is 5.91 Å². The Kier molecular flexibility index (Phi) is 12.1. The number of allylic oxidation sites excluding steroid dienone is 3.